The van der Waals surface area contributed by atoms with Gasteiger partial charge in [0, 0.05) is 55.5 Å². The number of hydrogen-bond donors (Lipinski definition) is 1. The molecule has 0 fully saturated rings. The minimum Gasteiger partial charge on any atom is -0.504 e. The fourth-order valence-corrected chi connectivity index (χ4v) is 4.22. The average Bonchev–Trinajstić information content (AvgIpc) is 3.06. The van der Waals surface area contributed by atoms with Crippen LogP contribution in [0.1, 0.15) is 46.4 Å². The summed E-state index contributed by atoms with van der Waals surface area (Å²) < 4.78 is 82.9. The molecule has 1 heterocycles. The first-order chi connectivity index (χ1) is 23.4. The van der Waals surface area contributed by atoms with Crippen LogP contribution in [0.4, 0.5) is 26.3 Å². The first kappa shape index (κ1) is 39.8. The highest BCUT2D eigenvalue weighted by Crippen LogP contribution is 2.33. The molecular formula is C38H36F6N2O3. The van der Waals surface area contributed by atoms with Crippen LogP contribution < -0.4 is 5.73 Å². The lowest BCUT2D eigenvalue weighted by atomic mass is 9.95. The number of nitrogens with two attached hydrogens (primary N) is 1. The number of allylic oxidation sites excluding steroid dienone is 3. The zero-order valence-corrected chi connectivity index (χ0v) is 26.9. The minimum absolute atomic E-state index is 0.00407. The Morgan fingerprint density at radius 2 is 1.35 bits per heavy atom. The van der Waals surface area contributed by atoms with Gasteiger partial charge in [-0.15, -0.1) is 0 Å². The van der Waals surface area contributed by atoms with Gasteiger partial charge in [0.15, 0.2) is 12.1 Å². The number of carbonyl (C=O) groups is 2. The van der Waals surface area contributed by atoms with E-state index in [1.54, 1.807) is 24.3 Å². The Kier molecular flexibility index (Phi) is 16.8. The van der Waals surface area contributed by atoms with E-state index in [0.717, 1.165) is 11.1 Å². The van der Waals surface area contributed by atoms with E-state index in [9.17, 15) is 35.9 Å². The molecule has 1 unspecified atom stereocenters. The van der Waals surface area contributed by atoms with Crippen molar-refractivity contribution in [1.29, 1.82) is 0 Å². The summed E-state index contributed by atoms with van der Waals surface area (Å²) in [4.78, 5) is 23.3. The summed E-state index contributed by atoms with van der Waals surface area (Å²) in [6, 6.07) is 20.7. The van der Waals surface area contributed by atoms with E-state index in [1.807, 2.05) is 67.6 Å². The molecule has 0 aromatic heterocycles. The number of aldehydes is 1. The van der Waals surface area contributed by atoms with Crippen LogP contribution >= 0.6 is 0 Å². The molecule has 0 amide bonds. The molecule has 4 aromatic rings. The van der Waals surface area contributed by atoms with E-state index in [4.69, 9.17) is 5.73 Å². The molecule has 0 aliphatic carbocycles. The second-order valence-corrected chi connectivity index (χ2v) is 10.4. The van der Waals surface area contributed by atoms with Gasteiger partial charge in [0.25, 0.3) is 0 Å². The molecule has 2 N–H and O–H groups in total. The van der Waals surface area contributed by atoms with Gasteiger partial charge in [-0.25, -0.2) is 26.3 Å². The van der Waals surface area contributed by atoms with Crippen LogP contribution in [0.15, 0.2) is 122 Å². The van der Waals surface area contributed by atoms with Gasteiger partial charge in [0.1, 0.15) is 34.9 Å². The van der Waals surface area contributed by atoms with Crippen molar-refractivity contribution >= 4 is 12.1 Å². The summed E-state index contributed by atoms with van der Waals surface area (Å²) >= 11 is 0. The highest BCUT2D eigenvalue weighted by molar-refractivity contribution is 5.91. The van der Waals surface area contributed by atoms with Crippen molar-refractivity contribution in [3.8, 4) is 0 Å². The second-order valence-electron chi connectivity index (χ2n) is 10.4. The van der Waals surface area contributed by atoms with Gasteiger partial charge in [-0.05, 0) is 30.2 Å². The summed E-state index contributed by atoms with van der Waals surface area (Å²) in [6.45, 7) is 6.57. The number of ketones is 1. The van der Waals surface area contributed by atoms with Crippen LogP contribution in [0.25, 0.3) is 0 Å². The number of rotatable bonds is 7. The SMILES string of the molecule is C=C(C)/C=C/OC.NCc1ccccc1.O=C1C=CN(Cc2ccccc2)C(c2c(F)cc(F)cc2F)C1.O=Cc1c(F)cc(F)cc1F. The smallest absolute Gasteiger partial charge is 0.159 e. The standard InChI is InChI=1S/C18H14F3NO.C7H3F3O.C7H9N.C6H10O/c19-13-8-15(20)18(16(21)9-13)17-10-14(23)6-7-22(17)11-12-4-2-1-3-5-12;8-4-1-6(9)5(3-11)7(10)2-4;8-6-7-4-2-1-3-5-7;1-6(2)4-5-7-3/h1-9,17H,10-11H2;1-3H;1-5H,6,8H2;4-5H,1H2,2-3H3/b;;;5-4+. The Labute approximate surface area is 281 Å². The maximum Gasteiger partial charge on any atom is 0.159 e. The highest BCUT2D eigenvalue weighted by Gasteiger charge is 2.29. The fraction of sp³-hybridized carbons (Fsp3) is 0.158. The molecule has 1 atom stereocenters. The monoisotopic (exact) mass is 682 g/mol. The van der Waals surface area contributed by atoms with E-state index in [-0.39, 0.29) is 24.1 Å². The van der Waals surface area contributed by atoms with Crippen LogP contribution in [-0.2, 0) is 22.6 Å². The third kappa shape index (κ3) is 13.7. The van der Waals surface area contributed by atoms with Gasteiger partial charge in [0.05, 0.1) is 25.0 Å². The van der Waals surface area contributed by atoms with Crippen LogP contribution in [0.5, 0.6) is 0 Å². The highest BCUT2D eigenvalue weighted by atomic mass is 19.2. The Bertz CT molecular complexity index is 1680. The summed E-state index contributed by atoms with van der Waals surface area (Å²) in [5.41, 5.74) is 7.46. The zero-order chi connectivity index (χ0) is 36.3. The third-order valence-electron chi connectivity index (χ3n) is 6.56. The van der Waals surface area contributed by atoms with Crippen LogP contribution in [0.2, 0.25) is 0 Å². The second kappa shape index (κ2) is 20.7. The van der Waals surface area contributed by atoms with Crippen LogP contribution in [0, 0.1) is 34.9 Å². The predicted molar refractivity (Wildman–Crippen MR) is 177 cm³/mol. The Balaban J connectivity index is 0.000000265. The van der Waals surface area contributed by atoms with Crippen molar-refractivity contribution in [2.24, 2.45) is 5.73 Å². The van der Waals surface area contributed by atoms with Crippen molar-refractivity contribution < 1.29 is 40.7 Å². The molecule has 0 spiro atoms. The maximum absolute atomic E-state index is 14.1. The molecule has 258 valence electrons. The van der Waals surface area contributed by atoms with Crippen LogP contribution in [0.3, 0.4) is 0 Å². The largest absolute Gasteiger partial charge is 0.504 e. The quantitative estimate of drug-likeness (QED) is 0.0913. The van der Waals surface area contributed by atoms with Crippen molar-refractivity contribution in [3.63, 3.8) is 0 Å². The molecule has 49 heavy (non-hydrogen) atoms. The van der Waals surface area contributed by atoms with E-state index in [0.29, 0.717) is 37.4 Å². The number of nitrogens with zero attached hydrogens (tertiary/aromatic N) is 1. The Morgan fingerprint density at radius 1 is 0.857 bits per heavy atom. The fourth-order valence-electron chi connectivity index (χ4n) is 4.22. The Morgan fingerprint density at radius 3 is 1.76 bits per heavy atom. The van der Waals surface area contributed by atoms with Gasteiger partial charge >= 0.3 is 0 Å². The number of carbonyl (C=O) groups excluding carboxylic acids is 2. The molecule has 5 nitrogen and oxygen atoms in total. The van der Waals surface area contributed by atoms with Gasteiger partial charge in [-0.1, -0.05) is 72.8 Å². The van der Waals surface area contributed by atoms with E-state index in [2.05, 4.69) is 11.3 Å². The molecule has 0 saturated carbocycles. The van der Waals surface area contributed by atoms with Crippen molar-refractivity contribution in [2.75, 3.05) is 7.11 Å². The normalized spacial score (nSPS) is 13.3. The minimum atomic E-state index is -1.18. The van der Waals surface area contributed by atoms with Gasteiger partial charge in [-0.3, -0.25) is 9.59 Å². The zero-order valence-electron chi connectivity index (χ0n) is 26.9. The summed E-state index contributed by atoms with van der Waals surface area (Å²) in [5.74, 6) is -6.55. The molecule has 5 rings (SSSR count). The average molecular weight is 683 g/mol. The lowest BCUT2D eigenvalue weighted by Gasteiger charge is -2.33. The van der Waals surface area contributed by atoms with E-state index >= 15 is 0 Å². The first-order valence-corrected chi connectivity index (χ1v) is 14.7. The number of hydrogen-bond acceptors (Lipinski definition) is 5. The van der Waals surface area contributed by atoms with E-state index in [1.165, 1.54) is 17.8 Å². The van der Waals surface area contributed by atoms with Crippen molar-refractivity contribution in [2.45, 2.75) is 32.5 Å². The lowest BCUT2D eigenvalue weighted by Crippen LogP contribution is -2.30. The van der Waals surface area contributed by atoms with Gasteiger partial charge < -0.3 is 15.4 Å². The van der Waals surface area contributed by atoms with Crippen molar-refractivity contribution in [3.05, 3.63) is 179 Å². The topological polar surface area (TPSA) is 72.6 Å². The Hall–Kier alpha value is -5.42. The van der Waals surface area contributed by atoms with Crippen molar-refractivity contribution in [1.82, 2.24) is 4.90 Å². The van der Waals surface area contributed by atoms with Gasteiger partial charge in [-0.2, -0.15) is 0 Å². The molecular weight excluding hydrogens is 646 g/mol. The molecule has 0 bridgehead atoms. The molecule has 1 aliphatic rings. The molecule has 4 aromatic carbocycles. The maximum atomic E-state index is 14.1. The third-order valence-corrected chi connectivity index (χ3v) is 6.56. The lowest BCUT2D eigenvalue weighted by molar-refractivity contribution is -0.116. The number of halogens is 6. The first-order valence-electron chi connectivity index (χ1n) is 14.7. The molecule has 0 radical (unpaired) electrons. The predicted octanol–water partition coefficient (Wildman–Crippen LogP) is 8.92. The van der Waals surface area contributed by atoms with Gasteiger partial charge in [0.2, 0.25) is 0 Å². The number of methoxy groups -OCH3 is 1. The molecule has 0 saturated heterocycles. The van der Waals surface area contributed by atoms with Crippen LogP contribution in [-0.4, -0.2) is 24.1 Å². The summed E-state index contributed by atoms with van der Waals surface area (Å²) in [6.07, 6.45) is 6.28. The van der Waals surface area contributed by atoms with E-state index < -0.39 is 46.5 Å². The number of benzene rings is 4. The molecule has 1 aliphatic heterocycles. The number of ether oxygens (including phenoxy) is 1. The summed E-state index contributed by atoms with van der Waals surface area (Å²) in [5, 5.41) is 0. The molecule has 11 heteroatoms. The summed E-state index contributed by atoms with van der Waals surface area (Å²) in [7, 11) is 1.61.